The maximum absolute atomic E-state index is 14.6. The van der Waals surface area contributed by atoms with Crippen molar-refractivity contribution in [1.82, 2.24) is 9.80 Å². The number of amides is 2. The number of nitro benzene ring substituents is 1. The Morgan fingerprint density at radius 1 is 0.947 bits per heavy atom. The van der Waals surface area contributed by atoms with Gasteiger partial charge in [-0.1, -0.05) is 79.4 Å². The van der Waals surface area contributed by atoms with Gasteiger partial charge in [-0.15, -0.1) is 0 Å². The van der Waals surface area contributed by atoms with Gasteiger partial charge in [0.15, 0.2) is 0 Å². The van der Waals surface area contributed by atoms with Crippen LogP contribution in [0.2, 0.25) is 0 Å². The summed E-state index contributed by atoms with van der Waals surface area (Å²) in [6.07, 6.45) is 5.29. The van der Waals surface area contributed by atoms with Crippen LogP contribution in [-0.4, -0.2) is 39.1 Å². The monoisotopic (exact) mass is 511 g/mol. The fourth-order valence-corrected chi connectivity index (χ4v) is 5.80. The molecule has 3 aromatic carbocycles. The number of hydrogen-bond donors (Lipinski definition) is 0. The molecule has 1 aliphatic carbocycles. The first-order chi connectivity index (χ1) is 18.4. The van der Waals surface area contributed by atoms with Crippen LogP contribution in [0.15, 0.2) is 72.8 Å². The molecule has 5 rings (SSSR count). The Bertz CT molecular complexity index is 1330. The molecular formula is C31H33N3O4. The summed E-state index contributed by atoms with van der Waals surface area (Å²) in [7, 11) is 0. The number of benzene rings is 3. The van der Waals surface area contributed by atoms with Crippen molar-refractivity contribution >= 4 is 17.5 Å². The summed E-state index contributed by atoms with van der Waals surface area (Å²) >= 11 is 0. The average molecular weight is 512 g/mol. The summed E-state index contributed by atoms with van der Waals surface area (Å²) in [6, 6.07) is 21.1. The maximum Gasteiger partial charge on any atom is 0.270 e. The van der Waals surface area contributed by atoms with E-state index in [0.717, 1.165) is 49.7 Å². The van der Waals surface area contributed by atoms with Crippen LogP contribution in [-0.2, 0) is 17.8 Å². The van der Waals surface area contributed by atoms with Crippen molar-refractivity contribution in [3.63, 3.8) is 0 Å². The van der Waals surface area contributed by atoms with E-state index in [1.54, 1.807) is 6.07 Å². The highest BCUT2D eigenvalue weighted by atomic mass is 16.6. The molecule has 0 spiro atoms. The second-order valence-corrected chi connectivity index (χ2v) is 10.4. The first-order valence-corrected chi connectivity index (χ1v) is 13.4. The Kier molecular flexibility index (Phi) is 7.65. The summed E-state index contributed by atoms with van der Waals surface area (Å²) < 4.78 is 0. The van der Waals surface area contributed by atoms with Crippen LogP contribution in [0.4, 0.5) is 5.69 Å². The molecule has 7 nitrogen and oxygen atoms in total. The van der Waals surface area contributed by atoms with E-state index >= 15 is 0 Å². The van der Waals surface area contributed by atoms with Gasteiger partial charge < -0.3 is 0 Å². The van der Waals surface area contributed by atoms with Gasteiger partial charge in [0.1, 0.15) is 6.04 Å². The number of non-ortho nitro benzene ring substituents is 1. The minimum atomic E-state index is -0.631. The van der Waals surface area contributed by atoms with Gasteiger partial charge in [-0.3, -0.25) is 29.5 Å². The molecule has 1 fully saturated rings. The Balaban J connectivity index is 1.55. The summed E-state index contributed by atoms with van der Waals surface area (Å²) in [5.41, 5.74) is 4.45. The highest BCUT2D eigenvalue weighted by molar-refractivity contribution is 6.07. The van der Waals surface area contributed by atoms with Crippen molar-refractivity contribution in [3.8, 4) is 0 Å². The van der Waals surface area contributed by atoms with Crippen LogP contribution in [0.1, 0.15) is 70.8 Å². The smallest absolute Gasteiger partial charge is 0.270 e. The number of hydrogen-bond acceptors (Lipinski definition) is 5. The van der Waals surface area contributed by atoms with Gasteiger partial charge in [0.2, 0.25) is 0 Å². The number of nitrogens with zero attached hydrogens (tertiary/aromatic N) is 3. The van der Waals surface area contributed by atoms with E-state index in [1.807, 2.05) is 43.3 Å². The lowest BCUT2D eigenvalue weighted by Gasteiger charge is -2.40. The molecule has 0 aromatic heterocycles. The molecule has 7 heteroatoms. The molecule has 0 bridgehead atoms. The third-order valence-corrected chi connectivity index (χ3v) is 7.85. The van der Waals surface area contributed by atoms with Crippen molar-refractivity contribution in [3.05, 3.63) is 111 Å². The number of carbonyl (C=O) groups excluding carboxylic acids is 2. The van der Waals surface area contributed by atoms with E-state index in [9.17, 15) is 19.7 Å². The van der Waals surface area contributed by atoms with E-state index < -0.39 is 16.9 Å². The van der Waals surface area contributed by atoms with Gasteiger partial charge in [-0.05, 0) is 48.9 Å². The third kappa shape index (κ3) is 5.38. The van der Waals surface area contributed by atoms with Crippen LogP contribution in [0.25, 0.3) is 0 Å². The predicted molar refractivity (Wildman–Crippen MR) is 146 cm³/mol. The predicted octanol–water partition coefficient (Wildman–Crippen LogP) is 6.00. The van der Waals surface area contributed by atoms with Crippen molar-refractivity contribution in [2.45, 2.75) is 64.1 Å². The van der Waals surface area contributed by atoms with Gasteiger partial charge in [-0.25, -0.2) is 0 Å². The molecule has 1 heterocycles. The van der Waals surface area contributed by atoms with E-state index in [4.69, 9.17) is 0 Å². The van der Waals surface area contributed by atoms with E-state index in [2.05, 4.69) is 17.0 Å². The SMILES string of the molecule is Cc1ccc(C(C(=O)N(C(=O)c2cccc([N+](=O)[O-])c2)C2CCCCC2)N2CCc3ccccc3C2)cc1. The van der Waals surface area contributed by atoms with Crippen LogP contribution in [0.3, 0.4) is 0 Å². The zero-order chi connectivity index (χ0) is 26.6. The summed E-state index contributed by atoms with van der Waals surface area (Å²) in [6.45, 7) is 3.33. The number of fused-ring (bicyclic) bond motifs is 1. The fraction of sp³-hybridized carbons (Fsp3) is 0.355. The normalized spacial score (nSPS) is 16.9. The largest absolute Gasteiger partial charge is 0.284 e. The highest BCUT2D eigenvalue weighted by Crippen LogP contribution is 2.33. The molecule has 0 radical (unpaired) electrons. The topological polar surface area (TPSA) is 83.8 Å². The third-order valence-electron chi connectivity index (χ3n) is 7.85. The van der Waals surface area contributed by atoms with Gasteiger partial charge in [-0.2, -0.15) is 0 Å². The van der Waals surface area contributed by atoms with Crippen molar-refractivity contribution in [1.29, 1.82) is 0 Å². The molecule has 2 amide bonds. The molecule has 3 aromatic rings. The lowest BCUT2D eigenvalue weighted by Crippen LogP contribution is -2.51. The zero-order valence-corrected chi connectivity index (χ0v) is 21.7. The molecule has 1 unspecified atom stereocenters. The summed E-state index contributed by atoms with van der Waals surface area (Å²) in [4.78, 5) is 43.1. The van der Waals surface area contributed by atoms with E-state index in [0.29, 0.717) is 13.1 Å². The summed E-state index contributed by atoms with van der Waals surface area (Å²) in [5, 5.41) is 11.4. The quantitative estimate of drug-likeness (QED) is 0.299. The lowest BCUT2D eigenvalue weighted by molar-refractivity contribution is -0.384. The first-order valence-electron chi connectivity index (χ1n) is 13.4. The standard InChI is InChI=1S/C31H33N3O4/c1-22-14-16-24(17-15-22)29(32-19-18-23-8-5-6-9-26(23)21-32)31(36)33(27-11-3-2-4-12-27)30(35)25-10-7-13-28(20-25)34(37)38/h5-10,13-17,20,27,29H,2-4,11-12,18-19,21H2,1H3. The van der Waals surface area contributed by atoms with Crippen molar-refractivity contribution in [2.24, 2.45) is 0 Å². The van der Waals surface area contributed by atoms with Crippen LogP contribution < -0.4 is 0 Å². The Hall–Kier alpha value is -3.84. The van der Waals surface area contributed by atoms with Crippen molar-refractivity contribution in [2.75, 3.05) is 6.54 Å². The molecule has 1 aliphatic heterocycles. The number of carbonyl (C=O) groups is 2. The Morgan fingerprint density at radius 2 is 1.66 bits per heavy atom. The summed E-state index contributed by atoms with van der Waals surface area (Å²) in [5.74, 6) is -0.711. The van der Waals surface area contributed by atoms with Crippen molar-refractivity contribution < 1.29 is 14.5 Å². The molecule has 1 saturated carbocycles. The fourth-order valence-electron chi connectivity index (χ4n) is 5.80. The molecule has 0 saturated heterocycles. The molecule has 1 atom stereocenters. The van der Waals surface area contributed by atoms with Crippen LogP contribution in [0, 0.1) is 17.0 Å². The minimum Gasteiger partial charge on any atom is -0.284 e. The zero-order valence-electron chi connectivity index (χ0n) is 21.7. The molecule has 2 aliphatic rings. The van der Waals surface area contributed by atoms with Gasteiger partial charge in [0.05, 0.1) is 4.92 Å². The number of imide groups is 1. The maximum atomic E-state index is 14.6. The second kappa shape index (κ2) is 11.3. The van der Waals surface area contributed by atoms with Gasteiger partial charge in [0.25, 0.3) is 17.5 Å². The van der Waals surface area contributed by atoms with Crippen LogP contribution in [0.5, 0.6) is 0 Å². The van der Waals surface area contributed by atoms with E-state index in [-0.39, 0.29) is 23.2 Å². The molecule has 196 valence electrons. The lowest BCUT2D eigenvalue weighted by atomic mass is 9.91. The van der Waals surface area contributed by atoms with Gasteiger partial charge >= 0.3 is 0 Å². The first kappa shape index (κ1) is 25.8. The molecular weight excluding hydrogens is 478 g/mol. The average Bonchev–Trinajstić information content (AvgIpc) is 2.95. The number of aryl methyl sites for hydroxylation is 1. The molecule has 38 heavy (non-hydrogen) atoms. The molecule has 0 N–H and O–H groups in total. The van der Waals surface area contributed by atoms with Gasteiger partial charge in [0, 0.05) is 36.8 Å². The second-order valence-electron chi connectivity index (χ2n) is 10.4. The Morgan fingerprint density at radius 3 is 2.37 bits per heavy atom. The van der Waals surface area contributed by atoms with Crippen LogP contribution >= 0.6 is 0 Å². The highest BCUT2D eigenvalue weighted by Gasteiger charge is 2.39. The van der Waals surface area contributed by atoms with E-state index in [1.165, 1.54) is 34.2 Å². The number of nitro groups is 1. The number of rotatable bonds is 6. The Labute approximate surface area is 223 Å². The minimum absolute atomic E-state index is 0.158.